The van der Waals surface area contributed by atoms with Gasteiger partial charge in [0.05, 0.1) is 24.5 Å². The number of likely N-dealkylation sites (tertiary alicyclic amines) is 1. The number of amides is 1. The van der Waals surface area contributed by atoms with Crippen LogP contribution in [0.5, 0.6) is 0 Å². The lowest BCUT2D eigenvalue weighted by Crippen LogP contribution is -2.40. The predicted molar refractivity (Wildman–Crippen MR) is 111 cm³/mol. The van der Waals surface area contributed by atoms with Gasteiger partial charge in [0.25, 0.3) is 0 Å². The van der Waals surface area contributed by atoms with Crippen molar-refractivity contribution in [1.82, 2.24) is 20.1 Å². The summed E-state index contributed by atoms with van der Waals surface area (Å²) in [7, 11) is 0. The molecule has 1 amide bonds. The van der Waals surface area contributed by atoms with Crippen LogP contribution < -0.4 is 5.73 Å². The van der Waals surface area contributed by atoms with Crippen LogP contribution in [0.15, 0.2) is 54.9 Å². The molecule has 0 bridgehead atoms. The van der Waals surface area contributed by atoms with Crippen molar-refractivity contribution in [2.24, 2.45) is 0 Å². The minimum atomic E-state index is -0.0523. The summed E-state index contributed by atoms with van der Waals surface area (Å²) in [6.07, 6.45) is 6.42. The molecule has 1 fully saturated rings. The number of rotatable bonds is 6. The number of H-pyrrole nitrogens is 1. The molecule has 1 saturated heterocycles. The normalized spacial score (nSPS) is 16.7. The molecular weight excluding hydrogens is 366 g/mol. The number of pyridine rings is 1. The van der Waals surface area contributed by atoms with Crippen LogP contribution in [0.4, 0.5) is 5.82 Å². The van der Waals surface area contributed by atoms with E-state index < -0.39 is 0 Å². The van der Waals surface area contributed by atoms with E-state index in [2.05, 4.69) is 15.2 Å². The molecule has 1 aliphatic rings. The number of carbonyl (C=O) groups is 1. The summed E-state index contributed by atoms with van der Waals surface area (Å²) in [5.41, 5.74) is 9.74. The molecule has 7 heteroatoms. The Morgan fingerprint density at radius 1 is 1.24 bits per heavy atom. The van der Waals surface area contributed by atoms with Gasteiger partial charge in [-0.1, -0.05) is 30.3 Å². The van der Waals surface area contributed by atoms with Crippen molar-refractivity contribution < 1.29 is 9.53 Å². The number of nitrogens with one attached hydrogen (secondary N) is 1. The number of nitrogens with zero attached hydrogens (tertiary/aromatic N) is 3. The first-order valence-electron chi connectivity index (χ1n) is 9.88. The number of piperidine rings is 1. The molecular formula is C22H25N5O2. The fraction of sp³-hybridized carbons (Fsp3) is 0.318. The first-order chi connectivity index (χ1) is 14.2. The van der Waals surface area contributed by atoms with Gasteiger partial charge in [-0.3, -0.25) is 9.89 Å². The SMILES string of the molecule is Nc1cc(-c2cn[nH]c2C2CCCCN2C(=O)COCc2ccccc2)ccn1. The maximum Gasteiger partial charge on any atom is 0.249 e. The van der Waals surface area contributed by atoms with Gasteiger partial charge in [-0.25, -0.2) is 4.98 Å². The fourth-order valence-corrected chi connectivity index (χ4v) is 3.84. The third-order valence-electron chi connectivity index (χ3n) is 5.25. The lowest BCUT2D eigenvalue weighted by molar-refractivity contribution is -0.140. The Bertz CT molecular complexity index is 957. The molecule has 1 aromatic carbocycles. The summed E-state index contributed by atoms with van der Waals surface area (Å²) < 4.78 is 5.69. The second kappa shape index (κ2) is 8.87. The van der Waals surface area contributed by atoms with Crippen molar-refractivity contribution in [1.29, 1.82) is 0 Å². The van der Waals surface area contributed by atoms with E-state index in [1.54, 1.807) is 12.4 Å². The van der Waals surface area contributed by atoms with Crippen LogP contribution in [-0.2, 0) is 16.1 Å². The van der Waals surface area contributed by atoms with Gasteiger partial charge in [0.15, 0.2) is 0 Å². The second-order valence-corrected chi connectivity index (χ2v) is 7.24. The highest BCUT2D eigenvalue weighted by atomic mass is 16.5. The van der Waals surface area contributed by atoms with E-state index in [4.69, 9.17) is 10.5 Å². The monoisotopic (exact) mass is 391 g/mol. The molecule has 7 nitrogen and oxygen atoms in total. The number of nitrogens with two attached hydrogens (primary N) is 1. The predicted octanol–water partition coefficient (Wildman–Crippen LogP) is 3.32. The third-order valence-corrected chi connectivity index (χ3v) is 5.25. The molecule has 3 heterocycles. The number of anilines is 1. The molecule has 0 saturated carbocycles. The number of benzene rings is 1. The maximum atomic E-state index is 12.9. The molecule has 1 atom stereocenters. The fourth-order valence-electron chi connectivity index (χ4n) is 3.84. The van der Waals surface area contributed by atoms with Crippen molar-refractivity contribution in [3.63, 3.8) is 0 Å². The molecule has 0 aliphatic carbocycles. The van der Waals surface area contributed by atoms with Gasteiger partial charge in [0.2, 0.25) is 5.91 Å². The molecule has 29 heavy (non-hydrogen) atoms. The zero-order valence-electron chi connectivity index (χ0n) is 16.3. The molecule has 3 aromatic rings. The summed E-state index contributed by atoms with van der Waals surface area (Å²) in [4.78, 5) is 18.9. The number of aromatic amines is 1. The summed E-state index contributed by atoms with van der Waals surface area (Å²) >= 11 is 0. The van der Waals surface area contributed by atoms with E-state index in [9.17, 15) is 4.79 Å². The molecule has 2 aromatic heterocycles. The van der Waals surface area contributed by atoms with Gasteiger partial charge >= 0.3 is 0 Å². The summed E-state index contributed by atoms with van der Waals surface area (Å²) in [5.74, 6) is 0.459. The van der Waals surface area contributed by atoms with Crippen LogP contribution >= 0.6 is 0 Å². The van der Waals surface area contributed by atoms with Gasteiger partial charge in [0.1, 0.15) is 12.4 Å². The van der Waals surface area contributed by atoms with Crippen molar-refractivity contribution in [3.05, 3.63) is 66.1 Å². The molecule has 0 spiro atoms. The third kappa shape index (κ3) is 4.46. The summed E-state index contributed by atoms with van der Waals surface area (Å²) in [6.45, 7) is 1.21. The minimum absolute atomic E-state index is 0.000392. The molecule has 3 N–H and O–H groups in total. The van der Waals surface area contributed by atoms with Crippen LogP contribution in [0, 0.1) is 0 Å². The van der Waals surface area contributed by atoms with Crippen molar-refractivity contribution in [2.45, 2.75) is 31.9 Å². The Morgan fingerprint density at radius 3 is 2.93 bits per heavy atom. The van der Waals surface area contributed by atoms with Crippen LogP contribution in [0.25, 0.3) is 11.1 Å². The molecule has 1 unspecified atom stereocenters. The minimum Gasteiger partial charge on any atom is -0.384 e. The van der Waals surface area contributed by atoms with E-state index in [1.165, 1.54) is 0 Å². The Labute approximate surface area is 169 Å². The number of aromatic nitrogens is 3. The van der Waals surface area contributed by atoms with Crippen molar-refractivity contribution in [3.8, 4) is 11.1 Å². The van der Waals surface area contributed by atoms with Gasteiger partial charge in [0, 0.05) is 18.3 Å². The number of carbonyl (C=O) groups excluding carboxylic acids is 1. The second-order valence-electron chi connectivity index (χ2n) is 7.24. The van der Waals surface area contributed by atoms with E-state index in [-0.39, 0.29) is 18.6 Å². The lowest BCUT2D eigenvalue weighted by Gasteiger charge is -2.35. The Hall–Kier alpha value is -3.19. The van der Waals surface area contributed by atoms with E-state index >= 15 is 0 Å². The van der Waals surface area contributed by atoms with Gasteiger partial charge in [-0.05, 0) is 42.5 Å². The number of nitrogen functional groups attached to an aromatic ring is 1. The van der Waals surface area contributed by atoms with E-state index in [1.807, 2.05) is 47.4 Å². The highest BCUT2D eigenvalue weighted by molar-refractivity contribution is 5.78. The first kappa shape index (κ1) is 19.1. The largest absolute Gasteiger partial charge is 0.384 e. The van der Waals surface area contributed by atoms with E-state index in [0.717, 1.165) is 48.2 Å². The zero-order chi connectivity index (χ0) is 20.1. The molecule has 150 valence electrons. The average molecular weight is 391 g/mol. The highest BCUT2D eigenvalue weighted by Crippen LogP contribution is 2.35. The van der Waals surface area contributed by atoms with Crippen LogP contribution in [0.2, 0.25) is 0 Å². The van der Waals surface area contributed by atoms with Crippen molar-refractivity contribution >= 4 is 11.7 Å². The Morgan fingerprint density at radius 2 is 2.10 bits per heavy atom. The lowest BCUT2D eigenvalue weighted by atomic mass is 9.94. The van der Waals surface area contributed by atoms with Crippen LogP contribution in [0.3, 0.4) is 0 Å². The maximum absolute atomic E-state index is 12.9. The number of ether oxygens (including phenoxy) is 1. The highest BCUT2D eigenvalue weighted by Gasteiger charge is 2.31. The molecule has 4 rings (SSSR count). The molecule has 0 radical (unpaired) electrons. The van der Waals surface area contributed by atoms with Gasteiger partial charge in [-0.15, -0.1) is 0 Å². The topological polar surface area (TPSA) is 97.1 Å². The summed E-state index contributed by atoms with van der Waals surface area (Å²) in [6, 6.07) is 13.6. The first-order valence-corrected chi connectivity index (χ1v) is 9.88. The van der Waals surface area contributed by atoms with Gasteiger partial charge in [-0.2, -0.15) is 5.10 Å². The average Bonchev–Trinajstić information content (AvgIpc) is 3.24. The Kier molecular flexibility index (Phi) is 5.86. The van der Waals surface area contributed by atoms with Crippen molar-refractivity contribution in [2.75, 3.05) is 18.9 Å². The molecule has 1 aliphatic heterocycles. The zero-order valence-corrected chi connectivity index (χ0v) is 16.3. The van der Waals surface area contributed by atoms with E-state index in [0.29, 0.717) is 12.4 Å². The number of hydrogen-bond acceptors (Lipinski definition) is 5. The van der Waals surface area contributed by atoms with Crippen LogP contribution in [0.1, 0.15) is 36.6 Å². The smallest absolute Gasteiger partial charge is 0.249 e. The quantitative estimate of drug-likeness (QED) is 0.672. The number of hydrogen-bond donors (Lipinski definition) is 2. The van der Waals surface area contributed by atoms with Gasteiger partial charge < -0.3 is 15.4 Å². The van der Waals surface area contributed by atoms with Crippen LogP contribution in [-0.4, -0.2) is 39.1 Å². The Balaban J connectivity index is 1.48. The standard InChI is InChI=1S/C22H25N5O2/c23-20-12-17(9-10-24-20)18-13-25-26-22(18)19-8-4-5-11-27(19)21(28)15-29-14-16-6-2-1-3-7-16/h1-3,6-7,9-10,12-13,19H,4-5,8,11,14-15H2,(H2,23,24)(H,25,26). The summed E-state index contributed by atoms with van der Waals surface area (Å²) in [5, 5.41) is 7.36.